The zero-order chi connectivity index (χ0) is 19.9. The van der Waals surface area contributed by atoms with Crippen molar-refractivity contribution in [2.75, 3.05) is 21.9 Å². The number of carbonyl (C=O) groups is 1. The van der Waals surface area contributed by atoms with Gasteiger partial charge in [-0.05, 0) is 42.8 Å². The van der Waals surface area contributed by atoms with Crippen molar-refractivity contribution in [3.8, 4) is 0 Å². The molecule has 0 bridgehead atoms. The highest BCUT2D eigenvalue weighted by Crippen LogP contribution is 2.30. The summed E-state index contributed by atoms with van der Waals surface area (Å²) in [5.74, 6) is -0.180. The van der Waals surface area contributed by atoms with Crippen molar-refractivity contribution < 1.29 is 18.1 Å². The second kappa shape index (κ2) is 6.88. The highest BCUT2D eigenvalue weighted by atomic mass is 32.2. The van der Waals surface area contributed by atoms with Gasteiger partial charge in [0.15, 0.2) is 0 Å². The third-order valence-electron chi connectivity index (χ3n) is 4.45. The van der Waals surface area contributed by atoms with Crippen molar-refractivity contribution in [1.82, 2.24) is 0 Å². The van der Waals surface area contributed by atoms with E-state index in [1.54, 1.807) is 36.4 Å². The lowest BCUT2D eigenvalue weighted by molar-refractivity contribution is -0.384. The van der Waals surface area contributed by atoms with E-state index in [4.69, 9.17) is 0 Å². The summed E-state index contributed by atoms with van der Waals surface area (Å²) in [7, 11) is -3.24. The summed E-state index contributed by atoms with van der Waals surface area (Å²) >= 11 is 1.25. The predicted octanol–water partition coefficient (Wildman–Crippen LogP) is 3.60. The van der Waals surface area contributed by atoms with Crippen LogP contribution < -0.4 is 9.62 Å². The van der Waals surface area contributed by atoms with Gasteiger partial charge in [-0.3, -0.25) is 19.2 Å². The fraction of sp³-hybridized carbons (Fsp3) is 0.167. The molecule has 144 valence electrons. The molecule has 3 aromatic rings. The first-order valence-electron chi connectivity index (χ1n) is 8.43. The summed E-state index contributed by atoms with van der Waals surface area (Å²) in [6, 6.07) is 12.7. The van der Waals surface area contributed by atoms with E-state index >= 15 is 0 Å². The van der Waals surface area contributed by atoms with E-state index in [-0.39, 0.29) is 17.3 Å². The Balaban J connectivity index is 1.52. The molecule has 0 saturated carbocycles. The summed E-state index contributed by atoms with van der Waals surface area (Å²) in [6.45, 7) is 0.460. The quantitative estimate of drug-likeness (QED) is 0.515. The van der Waals surface area contributed by atoms with E-state index < -0.39 is 14.9 Å². The van der Waals surface area contributed by atoms with Crippen LogP contribution in [0.4, 0.5) is 17.1 Å². The first-order chi connectivity index (χ1) is 13.3. The maximum absolute atomic E-state index is 12.5. The average molecular weight is 417 g/mol. The molecule has 0 unspecified atom stereocenters. The summed E-state index contributed by atoms with van der Waals surface area (Å²) < 4.78 is 26.1. The Bertz CT molecular complexity index is 1190. The summed E-state index contributed by atoms with van der Waals surface area (Å²) in [5.41, 5.74) is 1.09. The maximum atomic E-state index is 12.5. The van der Waals surface area contributed by atoms with Crippen LogP contribution in [0, 0.1) is 10.1 Å². The molecule has 1 aliphatic rings. The van der Waals surface area contributed by atoms with Crippen LogP contribution in [0.5, 0.6) is 0 Å². The number of anilines is 2. The smallest absolute Gasteiger partial charge is 0.270 e. The number of thiophene rings is 1. The molecular formula is C18H15N3O5S2. The molecule has 1 saturated heterocycles. The van der Waals surface area contributed by atoms with Gasteiger partial charge in [0.05, 0.1) is 21.2 Å². The van der Waals surface area contributed by atoms with Gasteiger partial charge in [0.1, 0.15) is 0 Å². The number of rotatable bonds is 4. The summed E-state index contributed by atoms with van der Waals surface area (Å²) in [5, 5.41) is 14.3. The number of nitro benzene ring substituents is 1. The topological polar surface area (TPSA) is 110 Å². The zero-order valence-corrected chi connectivity index (χ0v) is 16.1. The summed E-state index contributed by atoms with van der Waals surface area (Å²) in [6.07, 6.45) is 0.602. The average Bonchev–Trinajstić information content (AvgIpc) is 3.24. The standard InChI is InChI=1S/C18H15N3O5S2/c22-18(17-11-12-10-15(21(23)24)6-7-16(12)27-17)19-13-2-4-14(5-3-13)20-8-1-9-28(20,25)26/h2-7,10-11H,1,8-9H2,(H,19,22). The van der Waals surface area contributed by atoms with Crippen molar-refractivity contribution in [1.29, 1.82) is 0 Å². The number of nitrogens with zero attached hydrogens (tertiary/aromatic N) is 2. The van der Waals surface area contributed by atoms with E-state index in [1.807, 2.05) is 0 Å². The van der Waals surface area contributed by atoms with Gasteiger partial charge in [0.25, 0.3) is 11.6 Å². The van der Waals surface area contributed by atoms with Gasteiger partial charge in [-0.2, -0.15) is 0 Å². The Morgan fingerprint density at radius 3 is 2.54 bits per heavy atom. The second-order valence-corrected chi connectivity index (χ2v) is 9.43. The molecule has 0 spiro atoms. The predicted molar refractivity (Wildman–Crippen MR) is 109 cm³/mol. The molecule has 0 atom stereocenters. The van der Waals surface area contributed by atoms with E-state index in [2.05, 4.69) is 5.32 Å². The summed E-state index contributed by atoms with van der Waals surface area (Å²) in [4.78, 5) is 23.3. The van der Waals surface area contributed by atoms with E-state index in [9.17, 15) is 23.3 Å². The molecule has 4 rings (SSSR count). The minimum Gasteiger partial charge on any atom is -0.321 e. The van der Waals surface area contributed by atoms with Gasteiger partial charge in [0, 0.05) is 34.5 Å². The van der Waals surface area contributed by atoms with Crippen LogP contribution in [0.1, 0.15) is 16.1 Å². The molecule has 0 aliphatic carbocycles. The van der Waals surface area contributed by atoms with Gasteiger partial charge in [0.2, 0.25) is 10.0 Å². The Morgan fingerprint density at radius 2 is 1.89 bits per heavy atom. The van der Waals surface area contributed by atoms with E-state index in [0.717, 1.165) is 4.70 Å². The van der Waals surface area contributed by atoms with Crippen LogP contribution in [0.15, 0.2) is 48.5 Å². The number of benzene rings is 2. The van der Waals surface area contributed by atoms with E-state index in [0.29, 0.717) is 34.6 Å². The molecule has 0 radical (unpaired) electrons. The second-order valence-electron chi connectivity index (χ2n) is 6.33. The largest absolute Gasteiger partial charge is 0.321 e. The molecule has 1 fully saturated rings. The highest BCUT2D eigenvalue weighted by molar-refractivity contribution is 7.93. The molecule has 1 amide bonds. The van der Waals surface area contributed by atoms with Crippen LogP contribution in [0.3, 0.4) is 0 Å². The lowest BCUT2D eigenvalue weighted by Crippen LogP contribution is -2.24. The van der Waals surface area contributed by atoms with Crippen LogP contribution in [0.25, 0.3) is 10.1 Å². The molecule has 1 aromatic heterocycles. The third kappa shape index (κ3) is 3.43. The SMILES string of the molecule is O=C(Nc1ccc(N2CCCS2(=O)=O)cc1)c1cc2cc([N+](=O)[O-])ccc2s1. The van der Waals surface area contributed by atoms with Crippen LogP contribution in [-0.2, 0) is 10.0 Å². The number of amides is 1. The number of hydrogen-bond donors (Lipinski definition) is 1. The Kier molecular flexibility index (Phi) is 4.52. The number of hydrogen-bond acceptors (Lipinski definition) is 6. The van der Waals surface area contributed by atoms with Gasteiger partial charge in [-0.15, -0.1) is 11.3 Å². The van der Waals surface area contributed by atoms with Crippen LogP contribution >= 0.6 is 11.3 Å². The minimum atomic E-state index is -3.24. The van der Waals surface area contributed by atoms with Crippen molar-refractivity contribution in [2.24, 2.45) is 0 Å². The van der Waals surface area contributed by atoms with Gasteiger partial charge >= 0.3 is 0 Å². The number of carbonyl (C=O) groups excluding carboxylic acids is 1. The van der Waals surface area contributed by atoms with Crippen molar-refractivity contribution in [3.05, 3.63) is 63.5 Å². The molecule has 2 heterocycles. The molecule has 28 heavy (non-hydrogen) atoms. The molecule has 10 heteroatoms. The molecule has 8 nitrogen and oxygen atoms in total. The van der Waals surface area contributed by atoms with Crippen molar-refractivity contribution >= 4 is 54.4 Å². The molecule has 2 aromatic carbocycles. The van der Waals surface area contributed by atoms with E-state index in [1.165, 1.54) is 27.8 Å². The molecule has 1 aliphatic heterocycles. The number of nitrogens with one attached hydrogen (secondary N) is 1. The first kappa shape index (κ1) is 18.4. The normalized spacial score (nSPS) is 15.6. The number of sulfonamides is 1. The van der Waals surface area contributed by atoms with Crippen molar-refractivity contribution in [2.45, 2.75) is 6.42 Å². The Hall–Kier alpha value is -2.98. The van der Waals surface area contributed by atoms with Crippen LogP contribution in [0.2, 0.25) is 0 Å². The van der Waals surface area contributed by atoms with Gasteiger partial charge in [-0.25, -0.2) is 8.42 Å². The Labute approximate surface area is 164 Å². The minimum absolute atomic E-state index is 0.0234. The third-order valence-corrected chi connectivity index (χ3v) is 7.43. The lowest BCUT2D eigenvalue weighted by atomic mass is 10.2. The molecule has 1 N–H and O–H groups in total. The van der Waals surface area contributed by atoms with Gasteiger partial charge in [-0.1, -0.05) is 0 Å². The number of nitro groups is 1. The number of fused-ring (bicyclic) bond motifs is 1. The highest BCUT2D eigenvalue weighted by Gasteiger charge is 2.28. The Morgan fingerprint density at radius 1 is 1.14 bits per heavy atom. The molecular weight excluding hydrogens is 402 g/mol. The fourth-order valence-electron chi connectivity index (χ4n) is 3.09. The number of non-ortho nitro benzene ring substituents is 1. The van der Waals surface area contributed by atoms with Crippen LogP contribution in [-0.4, -0.2) is 31.5 Å². The van der Waals surface area contributed by atoms with Gasteiger partial charge < -0.3 is 5.32 Å². The monoisotopic (exact) mass is 417 g/mol. The maximum Gasteiger partial charge on any atom is 0.270 e. The lowest BCUT2D eigenvalue weighted by Gasteiger charge is -2.17. The zero-order valence-electron chi connectivity index (χ0n) is 14.5. The first-order valence-corrected chi connectivity index (χ1v) is 10.9. The van der Waals surface area contributed by atoms with Crippen molar-refractivity contribution in [3.63, 3.8) is 0 Å². The fourth-order valence-corrected chi connectivity index (χ4v) is 5.59.